The van der Waals surface area contributed by atoms with Gasteiger partial charge in [-0.25, -0.2) is 0 Å². The van der Waals surface area contributed by atoms with Gasteiger partial charge in [0.2, 0.25) is 17.7 Å². The van der Waals surface area contributed by atoms with Gasteiger partial charge in [-0.2, -0.15) is 0 Å². The summed E-state index contributed by atoms with van der Waals surface area (Å²) in [7, 11) is 1.54. The first kappa shape index (κ1) is 17.9. The molecular formula is C19H18ClN3O3. The molecule has 0 fully saturated rings. The molecule has 2 aromatic carbocycles. The van der Waals surface area contributed by atoms with Crippen LogP contribution < -0.4 is 10.1 Å². The first-order valence-electron chi connectivity index (χ1n) is 8.08. The summed E-state index contributed by atoms with van der Waals surface area (Å²) in [5.41, 5.74) is 2.55. The van der Waals surface area contributed by atoms with Crippen molar-refractivity contribution in [2.45, 2.75) is 19.8 Å². The number of benzene rings is 2. The fourth-order valence-electron chi connectivity index (χ4n) is 2.46. The number of amides is 1. The lowest BCUT2D eigenvalue weighted by Crippen LogP contribution is -2.12. The maximum Gasteiger partial charge on any atom is 0.247 e. The molecule has 3 rings (SSSR count). The van der Waals surface area contributed by atoms with Crippen molar-refractivity contribution in [3.63, 3.8) is 0 Å². The molecule has 0 aliphatic carbocycles. The number of hydrogen-bond donors (Lipinski definition) is 1. The normalized spacial score (nSPS) is 10.6. The molecule has 1 N–H and O–H groups in total. The summed E-state index contributed by atoms with van der Waals surface area (Å²) in [6.07, 6.45) is 0.577. The van der Waals surface area contributed by atoms with Crippen LogP contribution in [0.1, 0.15) is 17.9 Å². The van der Waals surface area contributed by atoms with E-state index in [2.05, 4.69) is 15.5 Å². The third-order valence-electron chi connectivity index (χ3n) is 3.84. The lowest BCUT2D eigenvalue weighted by atomic mass is 10.1. The summed E-state index contributed by atoms with van der Waals surface area (Å²) in [6.45, 7) is 1.98. The molecule has 0 aliphatic rings. The Morgan fingerprint density at radius 1 is 1.23 bits per heavy atom. The zero-order chi connectivity index (χ0) is 18.5. The zero-order valence-electron chi connectivity index (χ0n) is 14.5. The number of rotatable bonds is 6. The number of nitrogens with one attached hydrogen (secondary N) is 1. The van der Waals surface area contributed by atoms with Crippen molar-refractivity contribution < 1.29 is 13.9 Å². The highest BCUT2D eigenvalue weighted by atomic mass is 35.5. The lowest BCUT2D eigenvalue weighted by molar-refractivity contribution is -0.116. The molecule has 0 radical (unpaired) electrons. The van der Waals surface area contributed by atoms with Crippen molar-refractivity contribution in [3.05, 3.63) is 58.9 Å². The van der Waals surface area contributed by atoms with E-state index in [0.717, 1.165) is 11.1 Å². The fraction of sp³-hybridized carbons (Fsp3) is 0.211. The number of aromatic nitrogens is 2. The van der Waals surface area contributed by atoms with Crippen LogP contribution in [0.15, 0.2) is 46.9 Å². The molecule has 0 unspecified atom stereocenters. The van der Waals surface area contributed by atoms with Crippen LogP contribution in [0.2, 0.25) is 5.02 Å². The second kappa shape index (κ2) is 8.01. The largest absolute Gasteiger partial charge is 0.495 e. The summed E-state index contributed by atoms with van der Waals surface area (Å²) in [4.78, 5) is 12.1. The van der Waals surface area contributed by atoms with E-state index in [9.17, 15) is 4.79 Å². The van der Waals surface area contributed by atoms with Gasteiger partial charge in [0.05, 0.1) is 12.1 Å². The number of hydrogen-bond acceptors (Lipinski definition) is 5. The number of nitrogens with zero attached hydrogens (tertiary/aromatic N) is 2. The SMILES string of the molecule is COc1ccc(NC(=O)CCc2nnc(-c3ccccc3C)o2)cc1Cl. The molecular weight excluding hydrogens is 354 g/mol. The smallest absolute Gasteiger partial charge is 0.247 e. The maximum absolute atomic E-state index is 12.1. The highest BCUT2D eigenvalue weighted by molar-refractivity contribution is 6.32. The highest BCUT2D eigenvalue weighted by Crippen LogP contribution is 2.27. The van der Waals surface area contributed by atoms with Crippen LogP contribution in [0.25, 0.3) is 11.5 Å². The van der Waals surface area contributed by atoms with Crippen LogP contribution in [-0.2, 0) is 11.2 Å². The first-order valence-corrected chi connectivity index (χ1v) is 8.46. The van der Waals surface area contributed by atoms with Crippen molar-refractivity contribution in [1.82, 2.24) is 10.2 Å². The average Bonchev–Trinajstić information content (AvgIpc) is 3.09. The van der Waals surface area contributed by atoms with Crippen LogP contribution in [0.4, 0.5) is 5.69 Å². The van der Waals surface area contributed by atoms with E-state index >= 15 is 0 Å². The van der Waals surface area contributed by atoms with E-state index < -0.39 is 0 Å². The predicted octanol–water partition coefficient (Wildman–Crippen LogP) is 4.28. The van der Waals surface area contributed by atoms with Gasteiger partial charge in [-0.3, -0.25) is 4.79 Å². The van der Waals surface area contributed by atoms with Gasteiger partial charge < -0.3 is 14.5 Å². The van der Waals surface area contributed by atoms with Crippen LogP contribution in [-0.4, -0.2) is 23.2 Å². The Labute approximate surface area is 156 Å². The molecule has 0 saturated heterocycles. The standard InChI is InChI=1S/C19H18ClN3O3/c1-12-5-3-4-6-14(12)19-23-22-18(26-19)10-9-17(24)21-13-7-8-16(25-2)15(20)11-13/h3-8,11H,9-10H2,1-2H3,(H,21,24). The van der Waals surface area contributed by atoms with Gasteiger partial charge in [0.25, 0.3) is 0 Å². The fourth-order valence-corrected chi connectivity index (χ4v) is 2.72. The number of methoxy groups -OCH3 is 1. The molecule has 0 aliphatic heterocycles. The van der Waals surface area contributed by atoms with Crippen molar-refractivity contribution in [2.75, 3.05) is 12.4 Å². The second-order valence-corrected chi connectivity index (χ2v) is 6.12. The van der Waals surface area contributed by atoms with Gasteiger partial charge >= 0.3 is 0 Å². The summed E-state index contributed by atoms with van der Waals surface area (Å²) in [5, 5.41) is 11.3. The van der Waals surface area contributed by atoms with Crippen LogP contribution in [0.5, 0.6) is 5.75 Å². The molecule has 0 bridgehead atoms. The molecule has 0 atom stereocenters. The summed E-state index contributed by atoms with van der Waals surface area (Å²) in [6, 6.07) is 12.8. The molecule has 0 saturated carbocycles. The molecule has 1 heterocycles. The number of halogens is 1. The molecule has 7 heteroatoms. The van der Waals surface area contributed by atoms with E-state index in [1.807, 2.05) is 31.2 Å². The molecule has 1 amide bonds. The Bertz CT molecular complexity index is 924. The lowest BCUT2D eigenvalue weighted by Gasteiger charge is -2.07. The van der Waals surface area contributed by atoms with Gasteiger partial charge in [0.1, 0.15) is 5.75 Å². The summed E-state index contributed by atoms with van der Waals surface area (Å²) >= 11 is 6.05. The Morgan fingerprint density at radius 2 is 2.04 bits per heavy atom. The Hall–Kier alpha value is -2.86. The number of carbonyl (C=O) groups is 1. The number of carbonyl (C=O) groups excluding carboxylic acids is 1. The van der Waals surface area contributed by atoms with E-state index in [4.69, 9.17) is 20.8 Å². The van der Waals surface area contributed by atoms with Crippen molar-refractivity contribution in [2.24, 2.45) is 0 Å². The minimum absolute atomic E-state index is 0.165. The minimum atomic E-state index is -0.165. The maximum atomic E-state index is 12.1. The van der Waals surface area contributed by atoms with E-state index in [-0.39, 0.29) is 12.3 Å². The molecule has 3 aromatic rings. The second-order valence-electron chi connectivity index (χ2n) is 5.71. The monoisotopic (exact) mass is 371 g/mol. The van der Waals surface area contributed by atoms with E-state index in [0.29, 0.717) is 34.7 Å². The van der Waals surface area contributed by atoms with Crippen molar-refractivity contribution >= 4 is 23.2 Å². The quantitative estimate of drug-likeness (QED) is 0.699. The van der Waals surface area contributed by atoms with Crippen LogP contribution >= 0.6 is 11.6 Å². The van der Waals surface area contributed by atoms with Gasteiger partial charge in [0, 0.05) is 24.1 Å². The molecule has 134 valence electrons. The molecule has 1 aromatic heterocycles. The number of aryl methyl sites for hydroxylation is 2. The number of anilines is 1. The molecule has 6 nitrogen and oxygen atoms in total. The molecule has 0 spiro atoms. The highest BCUT2D eigenvalue weighted by Gasteiger charge is 2.12. The number of ether oxygens (including phenoxy) is 1. The average molecular weight is 372 g/mol. The van der Waals surface area contributed by atoms with Crippen molar-refractivity contribution in [1.29, 1.82) is 0 Å². The van der Waals surface area contributed by atoms with E-state index in [1.54, 1.807) is 18.2 Å². The topological polar surface area (TPSA) is 77.2 Å². The van der Waals surface area contributed by atoms with Gasteiger partial charge in [-0.05, 0) is 36.8 Å². The predicted molar refractivity (Wildman–Crippen MR) is 99.4 cm³/mol. The third-order valence-corrected chi connectivity index (χ3v) is 4.14. The third kappa shape index (κ3) is 4.21. The summed E-state index contributed by atoms with van der Waals surface area (Å²) in [5.74, 6) is 1.27. The Kier molecular flexibility index (Phi) is 5.53. The van der Waals surface area contributed by atoms with Crippen LogP contribution in [0, 0.1) is 6.92 Å². The van der Waals surface area contributed by atoms with Crippen molar-refractivity contribution in [3.8, 4) is 17.2 Å². The zero-order valence-corrected chi connectivity index (χ0v) is 15.2. The van der Waals surface area contributed by atoms with Crippen LogP contribution in [0.3, 0.4) is 0 Å². The van der Waals surface area contributed by atoms with Gasteiger partial charge in [0.15, 0.2) is 0 Å². The van der Waals surface area contributed by atoms with Gasteiger partial charge in [-0.15, -0.1) is 10.2 Å². The summed E-state index contributed by atoms with van der Waals surface area (Å²) < 4.78 is 10.7. The van der Waals surface area contributed by atoms with Gasteiger partial charge in [-0.1, -0.05) is 29.8 Å². The molecule has 26 heavy (non-hydrogen) atoms. The first-order chi connectivity index (χ1) is 12.6. The minimum Gasteiger partial charge on any atom is -0.495 e. The Balaban J connectivity index is 1.58. The Morgan fingerprint density at radius 3 is 2.77 bits per heavy atom. The van der Waals surface area contributed by atoms with E-state index in [1.165, 1.54) is 7.11 Å².